The maximum absolute atomic E-state index is 13.3. The van der Waals surface area contributed by atoms with Crippen LogP contribution in [0.2, 0.25) is 0 Å². The van der Waals surface area contributed by atoms with E-state index in [0.717, 1.165) is 27.8 Å². The number of halogens is 2. The third kappa shape index (κ3) is 3.17. The van der Waals surface area contributed by atoms with Gasteiger partial charge in [0.15, 0.2) is 0 Å². The number of nitrogens with one attached hydrogen (secondary N) is 1. The minimum atomic E-state index is -0.237. The molecular weight excluding hydrogens is 297 g/mol. The van der Waals surface area contributed by atoms with Crippen molar-refractivity contribution in [3.05, 3.63) is 51.5 Å². The highest BCUT2D eigenvalue weighted by Crippen LogP contribution is 2.16. The molecule has 96 valence electrons. The van der Waals surface area contributed by atoms with Crippen molar-refractivity contribution in [1.29, 1.82) is 0 Å². The fourth-order valence-electron chi connectivity index (χ4n) is 1.89. The summed E-state index contributed by atoms with van der Waals surface area (Å²) in [5.74, 6) is -0.237. The molecule has 0 bridgehead atoms. The van der Waals surface area contributed by atoms with Gasteiger partial charge in [0.25, 0.3) is 0 Å². The van der Waals surface area contributed by atoms with Gasteiger partial charge in [-0.05, 0) is 37.7 Å². The van der Waals surface area contributed by atoms with Crippen molar-refractivity contribution in [1.82, 2.24) is 15.1 Å². The van der Waals surface area contributed by atoms with E-state index < -0.39 is 0 Å². The molecule has 5 heteroatoms. The van der Waals surface area contributed by atoms with Crippen molar-refractivity contribution in [2.24, 2.45) is 0 Å². The van der Waals surface area contributed by atoms with Gasteiger partial charge in [-0.25, -0.2) is 4.39 Å². The van der Waals surface area contributed by atoms with E-state index >= 15 is 0 Å². The number of benzene rings is 1. The van der Waals surface area contributed by atoms with Crippen molar-refractivity contribution >= 4 is 15.9 Å². The van der Waals surface area contributed by atoms with Crippen molar-refractivity contribution in [3.8, 4) is 0 Å². The van der Waals surface area contributed by atoms with Crippen LogP contribution in [0.1, 0.15) is 16.8 Å². The lowest BCUT2D eigenvalue weighted by atomic mass is 10.2. The number of aromatic nitrogens is 2. The zero-order valence-corrected chi connectivity index (χ0v) is 12.0. The van der Waals surface area contributed by atoms with Crippen LogP contribution in [0.5, 0.6) is 0 Å². The number of hydrogen-bond acceptors (Lipinski definition) is 2. The summed E-state index contributed by atoms with van der Waals surface area (Å²) in [4.78, 5) is 0. The Kier molecular flexibility index (Phi) is 4.14. The Balaban J connectivity index is 2.20. The molecule has 1 heterocycles. The van der Waals surface area contributed by atoms with Crippen LogP contribution in [0.4, 0.5) is 4.39 Å². The summed E-state index contributed by atoms with van der Waals surface area (Å²) in [5, 5.41) is 7.52. The molecule has 0 atom stereocenters. The van der Waals surface area contributed by atoms with E-state index in [1.165, 1.54) is 12.1 Å². The van der Waals surface area contributed by atoms with Gasteiger partial charge in [-0.3, -0.25) is 4.68 Å². The molecule has 3 nitrogen and oxygen atoms in total. The first-order valence-electron chi connectivity index (χ1n) is 5.71. The Morgan fingerprint density at radius 1 is 1.39 bits per heavy atom. The first-order chi connectivity index (χ1) is 8.58. The van der Waals surface area contributed by atoms with E-state index in [-0.39, 0.29) is 5.82 Å². The van der Waals surface area contributed by atoms with Crippen LogP contribution in [0.3, 0.4) is 0 Å². The van der Waals surface area contributed by atoms with Crippen LogP contribution in [-0.2, 0) is 13.1 Å². The summed E-state index contributed by atoms with van der Waals surface area (Å²) in [7, 11) is 1.90. The standard InChI is InChI=1S/C13H15BrFN3/c1-9-11(6-16-2)8-18(17-9)7-10-3-12(14)5-13(15)4-10/h3-5,8,16H,6-7H2,1-2H3. The monoisotopic (exact) mass is 311 g/mol. The van der Waals surface area contributed by atoms with Crippen LogP contribution in [0.15, 0.2) is 28.9 Å². The summed E-state index contributed by atoms with van der Waals surface area (Å²) >= 11 is 3.29. The summed E-state index contributed by atoms with van der Waals surface area (Å²) < 4.78 is 15.8. The summed E-state index contributed by atoms with van der Waals surface area (Å²) in [5.41, 5.74) is 3.05. The van der Waals surface area contributed by atoms with Crippen LogP contribution in [0, 0.1) is 12.7 Å². The van der Waals surface area contributed by atoms with E-state index in [4.69, 9.17) is 0 Å². The molecule has 0 saturated carbocycles. The van der Waals surface area contributed by atoms with Crippen molar-refractivity contribution in [2.75, 3.05) is 7.05 Å². The Morgan fingerprint density at radius 3 is 2.83 bits per heavy atom. The predicted octanol–water partition coefficient (Wildman–Crippen LogP) is 2.86. The lowest BCUT2D eigenvalue weighted by Crippen LogP contribution is -2.05. The molecular formula is C13H15BrFN3. The van der Waals surface area contributed by atoms with Gasteiger partial charge in [0.2, 0.25) is 0 Å². The Morgan fingerprint density at radius 2 is 2.17 bits per heavy atom. The lowest BCUT2D eigenvalue weighted by molar-refractivity contribution is 0.617. The summed E-state index contributed by atoms with van der Waals surface area (Å²) in [6, 6.07) is 4.88. The van der Waals surface area contributed by atoms with Crippen molar-refractivity contribution in [2.45, 2.75) is 20.0 Å². The van der Waals surface area contributed by atoms with Gasteiger partial charge in [-0.2, -0.15) is 5.10 Å². The number of hydrogen-bond donors (Lipinski definition) is 1. The quantitative estimate of drug-likeness (QED) is 0.941. The first kappa shape index (κ1) is 13.2. The largest absolute Gasteiger partial charge is 0.316 e. The SMILES string of the molecule is CNCc1cn(Cc2cc(F)cc(Br)c2)nc1C. The maximum atomic E-state index is 13.3. The minimum absolute atomic E-state index is 0.237. The zero-order valence-electron chi connectivity index (χ0n) is 10.4. The molecule has 0 aliphatic rings. The summed E-state index contributed by atoms with van der Waals surface area (Å²) in [6.45, 7) is 3.34. The van der Waals surface area contributed by atoms with Gasteiger partial charge in [0, 0.05) is 22.8 Å². The number of aryl methyl sites for hydroxylation is 1. The van der Waals surface area contributed by atoms with Gasteiger partial charge >= 0.3 is 0 Å². The average Bonchev–Trinajstić information content (AvgIpc) is 2.58. The molecule has 0 unspecified atom stereocenters. The second-order valence-electron chi connectivity index (χ2n) is 4.25. The summed E-state index contributed by atoms with van der Waals surface area (Å²) in [6.07, 6.45) is 1.99. The second-order valence-corrected chi connectivity index (χ2v) is 5.16. The molecule has 0 saturated heterocycles. The molecule has 2 aromatic rings. The molecule has 2 rings (SSSR count). The Labute approximate surface area is 114 Å². The van der Waals surface area contributed by atoms with Gasteiger partial charge < -0.3 is 5.32 Å². The third-order valence-electron chi connectivity index (χ3n) is 2.68. The third-order valence-corrected chi connectivity index (χ3v) is 3.14. The van der Waals surface area contributed by atoms with Crippen LogP contribution in [-0.4, -0.2) is 16.8 Å². The Hall–Kier alpha value is -1.20. The zero-order chi connectivity index (χ0) is 13.1. The normalized spacial score (nSPS) is 10.9. The van der Waals surface area contributed by atoms with Gasteiger partial charge in [0.1, 0.15) is 5.82 Å². The van der Waals surface area contributed by atoms with Crippen LogP contribution >= 0.6 is 15.9 Å². The van der Waals surface area contributed by atoms with Gasteiger partial charge in [-0.15, -0.1) is 0 Å². The van der Waals surface area contributed by atoms with Crippen molar-refractivity contribution in [3.63, 3.8) is 0 Å². The smallest absolute Gasteiger partial charge is 0.124 e. The Bertz CT molecular complexity index is 531. The molecule has 0 spiro atoms. The van der Waals surface area contributed by atoms with Gasteiger partial charge in [0.05, 0.1) is 12.2 Å². The van der Waals surface area contributed by atoms with E-state index in [9.17, 15) is 4.39 Å². The van der Waals surface area contributed by atoms with E-state index in [1.807, 2.05) is 30.9 Å². The molecule has 1 aromatic heterocycles. The number of nitrogens with zero attached hydrogens (tertiary/aromatic N) is 2. The fraction of sp³-hybridized carbons (Fsp3) is 0.308. The topological polar surface area (TPSA) is 29.9 Å². The highest BCUT2D eigenvalue weighted by molar-refractivity contribution is 9.10. The molecule has 0 amide bonds. The van der Waals surface area contributed by atoms with Crippen molar-refractivity contribution < 1.29 is 4.39 Å². The lowest BCUT2D eigenvalue weighted by Gasteiger charge is -2.03. The van der Waals surface area contributed by atoms with Crippen LogP contribution in [0.25, 0.3) is 0 Å². The average molecular weight is 312 g/mol. The predicted molar refractivity (Wildman–Crippen MR) is 72.9 cm³/mol. The molecule has 1 N–H and O–H groups in total. The molecule has 0 radical (unpaired) electrons. The molecule has 18 heavy (non-hydrogen) atoms. The van der Waals surface area contributed by atoms with E-state index in [1.54, 1.807) is 0 Å². The van der Waals surface area contributed by atoms with Crippen LogP contribution < -0.4 is 5.32 Å². The first-order valence-corrected chi connectivity index (χ1v) is 6.50. The second kappa shape index (κ2) is 5.63. The van der Waals surface area contributed by atoms with E-state index in [0.29, 0.717) is 6.54 Å². The molecule has 1 aromatic carbocycles. The maximum Gasteiger partial charge on any atom is 0.124 e. The molecule has 0 aliphatic carbocycles. The fourth-order valence-corrected chi connectivity index (χ4v) is 2.41. The highest BCUT2D eigenvalue weighted by Gasteiger charge is 2.05. The molecule has 0 fully saturated rings. The number of rotatable bonds is 4. The van der Waals surface area contributed by atoms with E-state index in [2.05, 4.69) is 26.3 Å². The highest BCUT2D eigenvalue weighted by atomic mass is 79.9. The molecule has 0 aliphatic heterocycles. The van der Waals surface area contributed by atoms with Gasteiger partial charge in [-0.1, -0.05) is 15.9 Å². The minimum Gasteiger partial charge on any atom is -0.316 e.